The summed E-state index contributed by atoms with van der Waals surface area (Å²) in [7, 11) is 1.62. The lowest BCUT2D eigenvalue weighted by Gasteiger charge is -2.20. The number of nitrogens with one attached hydrogen (secondary N) is 2. The number of benzene rings is 1. The fraction of sp³-hybridized carbons (Fsp3) is 0.400. The van der Waals surface area contributed by atoms with Crippen LogP contribution in [0, 0.1) is 0 Å². The molecule has 2 heterocycles. The predicted octanol–water partition coefficient (Wildman–Crippen LogP) is 3.19. The van der Waals surface area contributed by atoms with Crippen molar-refractivity contribution in [2.24, 2.45) is 4.99 Å². The summed E-state index contributed by atoms with van der Waals surface area (Å²) in [5.41, 5.74) is 2.14. The van der Waals surface area contributed by atoms with E-state index in [4.69, 9.17) is 4.74 Å². The molecule has 1 aromatic heterocycles. The molecule has 0 aliphatic carbocycles. The Bertz CT molecular complexity index is 765. The van der Waals surface area contributed by atoms with Gasteiger partial charge in [0.25, 0.3) is 0 Å². The summed E-state index contributed by atoms with van der Waals surface area (Å²) < 4.78 is 6.28. The third-order valence-corrected chi connectivity index (χ3v) is 4.98. The van der Waals surface area contributed by atoms with E-state index in [9.17, 15) is 0 Å². The lowest BCUT2D eigenvalue weighted by molar-refractivity contribution is 0.396. The number of rotatable bonds is 6. The van der Waals surface area contributed by atoms with Crippen molar-refractivity contribution in [2.45, 2.75) is 25.9 Å². The molecule has 3 rings (SSSR count). The third-order valence-electron chi connectivity index (χ3n) is 4.45. The minimum absolute atomic E-state index is 0.365. The van der Waals surface area contributed by atoms with Crippen LogP contribution in [0.25, 0.3) is 0 Å². The molecule has 0 radical (unpaired) electrons. The SMILES string of the molecule is CCNC(=NCc1cccc(OC)n1)NC1CCN(c2ccc(Br)cc2)C1. The molecule has 1 saturated heterocycles. The maximum Gasteiger partial charge on any atom is 0.213 e. The van der Waals surface area contributed by atoms with Gasteiger partial charge in [-0.05, 0) is 43.7 Å². The van der Waals surface area contributed by atoms with Crippen LogP contribution in [-0.4, -0.2) is 43.7 Å². The Morgan fingerprint density at radius 2 is 2.11 bits per heavy atom. The van der Waals surface area contributed by atoms with E-state index in [1.165, 1.54) is 5.69 Å². The van der Waals surface area contributed by atoms with Crippen molar-refractivity contribution < 1.29 is 4.74 Å². The zero-order chi connectivity index (χ0) is 19.1. The molecule has 6 nitrogen and oxygen atoms in total. The van der Waals surface area contributed by atoms with Gasteiger partial charge in [-0.3, -0.25) is 0 Å². The minimum atomic E-state index is 0.365. The van der Waals surface area contributed by atoms with Gasteiger partial charge in [-0.25, -0.2) is 9.98 Å². The van der Waals surface area contributed by atoms with E-state index >= 15 is 0 Å². The highest BCUT2D eigenvalue weighted by Gasteiger charge is 2.23. The first-order valence-corrected chi connectivity index (χ1v) is 10.0. The number of aliphatic imine (C=N–C) groups is 1. The molecule has 1 atom stereocenters. The van der Waals surface area contributed by atoms with Crippen molar-refractivity contribution in [2.75, 3.05) is 31.6 Å². The van der Waals surface area contributed by atoms with Crippen molar-refractivity contribution in [1.82, 2.24) is 15.6 Å². The van der Waals surface area contributed by atoms with E-state index in [0.717, 1.165) is 42.2 Å². The fourth-order valence-electron chi connectivity index (χ4n) is 3.10. The molecule has 2 N–H and O–H groups in total. The molecule has 2 aromatic rings. The summed E-state index contributed by atoms with van der Waals surface area (Å²) >= 11 is 3.49. The van der Waals surface area contributed by atoms with Gasteiger partial charge in [0.05, 0.1) is 19.3 Å². The molecule has 1 fully saturated rings. The van der Waals surface area contributed by atoms with E-state index in [1.807, 2.05) is 18.2 Å². The molecule has 1 aliphatic heterocycles. The Balaban J connectivity index is 1.59. The fourth-order valence-corrected chi connectivity index (χ4v) is 3.36. The standard InChI is InChI=1S/C20H26BrN5O/c1-3-22-20(23-13-16-5-4-6-19(24-16)27-2)25-17-11-12-26(14-17)18-9-7-15(21)8-10-18/h4-10,17H,3,11-14H2,1-2H3,(H2,22,23,25). The van der Waals surface area contributed by atoms with Gasteiger partial charge >= 0.3 is 0 Å². The Kier molecular flexibility index (Phi) is 6.92. The number of hydrogen-bond donors (Lipinski definition) is 2. The normalized spacial score (nSPS) is 17.1. The first kappa shape index (κ1) is 19.5. The molecule has 0 spiro atoms. The van der Waals surface area contributed by atoms with Gasteiger partial charge < -0.3 is 20.3 Å². The van der Waals surface area contributed by atoms with Crippen LogP contribution in [0.1, 0.15) is 19.0 Å². The van der Waals surface area contributed by atoms with Crippen LogP contribution in [0.2, 0.25) is 0 Å². The average molecular weight is 432 g/mol. The van der Waals surface area contributed by atoms with Crippen LogP contribution in [0.3, 0.4) is 0 Å². The number of anilines is 1. The molecule has 0 saturated carbocycles. The number of aromatic nitrogens is 1. The Morgan fingerprint density at radius 1 is 1.30 bits per heavy atom. The molecule has 27 heavy (non-hydrogen) atoms. The highest BCUT2D eigenvalue weighted by molar-refractivity contribution is 9.10. The van der Waals surface area contributed by atoms with Crippen molar-refractivity contribution in [3.63, 3.8) is 0 Å². The summed E-state index contributed by atoms with van der Waals surface area (Å²) in [5, 5.41) is 6.88. The zero-order valence-corrected chi connectivity index (χ0v) is 17.4. The summed E-state index contributed by atoms with van der Waals surface area (Å²) in [4.78, 5) is 11.5. The van der Waals surface area contributed by atoms with Crippen LogP contribution in [0.15, 0.2) is 51.9 Å². The van der Waals surface area contributed by atoms with E-state index in [2.05, 4.69) is 72.6 Å². The Morgan fingerprint density at radius 3 is 2.85 bits per heavy atom. The zero-order valence-electron chi connectivity index (χ0n) is 15.8. The molecule has 7 heteroatoms. The molecule has 0 amide bonds. The maximum atomic E-state index is 5.18. The second-order valence-corrected chi connectivity index (χ2v) is 7.33. The molecular weight excluding hydrogens is 406 g/mol. The van der Waals surface area contributed by atoms with Crippen LogP contribution in [-0.2, 0) is 6.54 Å². The minimum Gasteiger partial charge on any atom is -0.481 e. The smallest absolute Gasteiger partial charge is 0.213 e. The van der Waals surface area contributed by atoms with Gasteiger partial charge in [0.15, 0.2) is 5.96 Å². The van der Waals surface area contributed by atoms with Gasteiger partial charge in [-0.15, -0.1) is 0 Å². The number of methoxy groups -OCH3 is 1. The molecular formula is C20H26BrN5O. The predicted molar refractivity (Wildman–Crippen MR) is 114 cm³/mol. The number of pyridine rings is 1. The molecule has 1 aromatic carbocycles. The number of ether oxygens (including phenoxy) is 1. The molecule has 144 valence electrons. The number of halogens is 1. The lowest BCUT2D eigenvalue weighted by Crippen LogP contribution is -2.44. The number of nitrogens with zero attached hydrogens (tertiary/aromatic N) is 3. The third kappa shape index (κ3) is 5.60. The summed E-state index contributed by atoms with van der Waals surface area (Å²) in [5.74, 6) is 1.44. The van der Waals surface area contributed by atoms with Crippen LogP contribution in [0.4, 0.5) is 5.69 Å². The lowest BCUT2D eigenvalue weighted by atomic mass is 10.2. The van der Waals surface area contributed by atoms with Gasteiger partial charge in [0, 0.05) is 41.9 Å². The van der Waals surface area contributed by atoms with Crippen molar-refractivity contribution >= 4 is 27.6 Å². The second-order valence-electron chi connectivity index (χ2n) is 6.42. The van der Waals surface area contributed by atoms with Gasteiger partial charge in [-0.1, -0.05) is 22.0 Å². The van der Waals surface area contributed by atoms with E-state index < -0.39 is 0 Å². The quantitative estimate of drug-likeness (QED) is 0.543. The first-order chi connectivity index (χ1) is 13.2. The molecule has 1 unspecified atom stereocenters. The maximum absolute atomic E-state index is 5.18. The average Bonchev–Trinajstić information content (AvgIpc) is 3.15. The van der Waals surface area contributed by atoms with Crippen molar-refractivity contribution in [1.29, 1.82) is 0 Å². The summed E-state index contributed by atoms with van der Waals surface area (Å²) in [6.07, 6.45) is 1.08. The van der Waals surface area contributed by atoms with Crippen molar-refractivity contribution in [3.05, 3.63) is 52.6 Å². The number of hydrogen-bond acceptors (Lipinski definition) is 4. The molecule has 1 aliphatic rings. The largest absolute Gasteiger partial charge is 0.481 e. The van der Waals surface area contributed by atoms with E-state index in [0.29, 0.717) is 18.5 Å². The van der Waals surface area contributed by atoms with Crippen LogP contribution < -0.4 is 20.3 Å². The first-order valence-electron chi connectivity index (χ1n) is 9.23. The van der Waals surface area contributed by atoms with Gasteiger partial charge in [0.2, 0.25) is 5.88 Å². The highest BCUT2D eigenvalue weighted by atomic mass is 79.9. The van der Waals surface area contributed by atoms with Crippen LogP contribution >= 0.6 is 15.9 Å². The van der Waals surface area contributed by atoms with Crippen molar-refractivity contribution in [3.8, 4) is 5.88 Å². The second kappa shape index (κ2) is 9.60. The molecule has 0 bridgehead atoms. The van der Waals surface area contributed by atoms with E-state index in [1.54, 1.807) is 7.11 Å². The highest BCUT2D eigenvalue weighted by Crippen LogP contribution is 2.22. The van der Waals surface area contributed by atoms with Gasteiger partial charge in [0.1, 0.15) is 0 Å². The monoisotopic (exact) mass is 431 g/mol. The Labute approximate surface area is 169 Å². The Hall–Kier alpha value is -2.28. The number of guanidine groups is 1. The topological polar surface area (TPSA) is 61.8 Å². The summed E-state index contributed by atoms with van der Waals surface area (Å²) in [6, 6.07) is 14.6. The van der Waals surface area contributed by atoms with Crippen LogP contribution in [0.5, 0.6) is 5.88 Å². The summed E-state index contributed by atoms with van der Waals surface area (Å²) in [6.45, 7) is 5.40. The van der Waals surface area contributed by atoms with E-state index in [-0.39, 0.29) is 0 Å². The van der Waals surface area contributed by atoms with Gasteiger partial charge in [-0.2, -0.15) is 0 Å².